The third kappa shape index (κ3) is 23.0. The second-order valence-electron chi connectivity index (χ2n) is 25.2. The van der Waals surface area contributed by atoms with Gasteiger partial charge in [0.1, 0.15) is 79.6 Å². The van der Waals surface area contributed by atoms with Crippen molar-refractivity contribution in [3.8, 4) is 0 Å². The molecule has 1 aliphatic heterocycles. The fraction of sp³-hybridized carbons (Fsp3) is 0.770. The van der Waals surface area contributed by atoms with Crippen LogP contribution in [0.3, 0.4) is 0 Å². The standard InChI is InChI=1S/C61H108N12O15/c1-22-24-25-37(13)50(76)48(62-16)55(81)65-39(15)57(83)72(20)45(30-74)60(86)71(19)44(28-34(7)8)59(85)73(21)49(36(11)12)56(82)66-40(23-2)52(78)67-41-31-88-46(75)29-63-51(77)38(14)64-53(79)42(26-32(3)4)70(18)61(87)47(35(9)10)68-54(80)43(27-33(5)6)69(17)58(41)84/h22,24,32-45,47-50,62,74,76H,23,25-31H2,1-21H3,(H,63,77)(H,64,79)(H,65,81)(H,66,82)(H,67,78)(H,68,80)/b24-22+/t37-,38+,39-,40+,41?,42+,43?,44+,45-,47+,48+,49+,50-/m1/s1. The van der Waals surface area contributed by atoms with Gasteiger partial charge in [-0.05, 0) is 95.4 Å². The molecule has 0 spiro atoms. The first-order valence-electron chi connectivity index (χ1n) is 30.7. The topological polar surface area (TPSA) is 355 Å². The molecule has 9 N–H and O–H groups in total. The summed E-state index contributed by atoms with van der Waals surface area (Å²) in [6.45, 7) is 23.2. The van der Waals surface area contributed by atoms with Gasteiger partial charge in [-0.3, -0.25) is 57.5 Å². The summed E-state index contributed by atoms with van der Waals surface area (Å²) >= 11 is 0. The smallest absolute Gasteiger partial charge is 0.325 e. The minimum Gasteiger partial charge on any atom is -0.462 e. The number of carbonyl (C=O) groups is 12. The summed E-state index contributed by atoms with van der Waals surface area (Å²) in [5.41, 5.74) is 0. The maximum absolute atomic E-state index is 14.8. The molecular formula is C61H108N12O15. The summed E-state index contributed by atoms with van der Waals surface area (Å²) < 4.78 is 5.46. The zero-order chi connectivity index (χ0) is 67.9. The van der Waals surface area contributed by atoms with Gasteiger partial charge in [-0.15, -0.1) is 0 Å². The number of nitrogens with one attached hydrogen (secondary N) is 7. The highest BCUT2D eigenvalue weighted by molar-refractivity contribution is 5.99. The fourth-order valence-electron chi connectivity index (χ4n) is 10.3. The number of aliphatic hydroxyl groups is 2. The van der Waals surface area contributed by atoms with Crippen LogP contribution in [0, 0.1) is 35.5 Å². The van der Waals surface area contributed by atoms with E-state index < -0.39 is 175 Å². The van der Waals surface area contributed by atoms with Gasteiger partial charge in [0, 0.05) is 35.2 Å². The maximum Gasteiger partial charge on any atom is 0.325 e. The van der Waals surface area contributed by atoms with Crippen LogP contribution in [0.15, 0.2) is 12.2 Å². The van der Waals surface area contributed by atoms with Crippen molar-refractivity contribution < 1.29 is 72.5 Å². The third-order valence-corrected chi connectivity index (χ3v) is 15.8. The molecule has 1 heterocycles. The highest BCUT2D eigenvalue weighted by atomic mass is 16.5. The van der Waals surface area contributed by atoms with Crippen LogP contribution in [-0.4, -0.2) is 240 Å². The predicted octanol–water partition coefficient (Wildman–Crippen LogP) is -0.338. The largest absolute Gasteiger partial charge is 0.462 e. The summed E-state index contributed by atoms with van der Waals surface area (Å²) in [6, 6.07) is -14.3. The Bertz CT molecular complexity index is 2420. The van der Waals surface area contributed by atoms with E-state index in [2.05, 4.69) is 37.2 Å². The molecule has 88 heavy (non-hydrogen) atoms. The zero-order valence-corrected chi connectivity index (χ0v) is 56.1. The molecule has 1 aliphatic rings. The van der Waals surface area contributed by atoms with Gasteiger partial charge in [0.2, 0.25) is 65.0 Å². The molecule has 1 fully saturated rings. The molecule has 0 aromatic heterocycles. The highest BCUT2D eigenvalue weighted by Gasteiger charge is 2.43. The van der Waals surface area contributed by atoms with Gasteiger partial charge in [0.05, 0.1) is 12.7 Å². The lowest BCUT2D eigenvalue weighted by Crippen LogP contribution is -2.62. The molecule has 13 atom stereocenters. The number of carbonyl (C=O) groups excluding carboxylic acids is 12. The van der Waals surface area contributed by atoms with Gasteiger partial charge in [0.25, 0.3) is 0 Å². The summed E-state index contributed by atoms with van der Waals surface area (Å²) in [5, 5.41) is 40.0. The van der Waals surface area contributed by atoms with E-state index in [1.165, 1.54) is 61.0 Å². The van der Waals surface area contributed by atoms with E-state index in [0.717, 1.165) is 19.6 Å². The van der Waals surface area contributed by atoms with Crippen molar-refractivity contribution in [1.29, 1.82) is 0 Å². The van der Waals surface area contributed by atoms with Gasteiger partial charge < -0.3 is 76.7 Å². The van der Waals surface area contributed by atoms with Crippen molar-refractivity contribution >= 4 is 70.9 Å². The Morgan fingerprint density at radius 1 is 0.705 bits per heavy atom. The molecule has 0 aliphatic carbocycles. The molecule has 502 valence electrons. The number of hydrogen-bond acceptors (Lipinski definition) is 16. The number of aliphatic hydroxyl groups excluding tert-OH is 2. The van der Waals surface area contributed by atoms with Crippen molar-refractivity contribution in [2.45, 2.75) is 209 Å². The molecule has 0 aromatic carbocycles. The number of amides is 11. The van der Waals surface area contributed by atoms with Crippen molar-refractivity contribution in [1.82, 2.24) is 61.7 Å². The minimum atomic E-state index is -1.71. The van der Waals surface area contributed by atoms with Crippen LogP contribution in [0.2, 0.25) is 0 Å². The molecule has 0 bridgehead atoms. The minimum absolute atomic E-state index is 0.0603. The van der Waals surface area contributed by atoms with E-state index in [1.54, 1.807) is 55.4 Å². The quantitative estimate of drug-likeness (QED) is 0.0375. The lowest BCUT2D eigenvalue weighted by molar-refractivity contribution is -0.154. The SMILES string of the molecule is C/C=C/C[C@@H](C)[C@@H](O)[C@H](NC)C(=O)N[C@H](C)C(=O)N(C)[C@H](CO)C(=O)N(C)[C@@H](CC(C)C)C(=O)N(C)[C@H](C(=O)N[C@@H](CC)C(=O)NC1COC(=O)CNC(=O)[C@H](C)NC(=O)[C@H](CC(C)C)N(C)C(=O)[C@H](C(C)C)NC(=O)C(CC(C)C)N(C)C1=O)C(C)C. The number of hydrogen-bond donors (Lipinski definition) is 9. The summed E-state index contributed by atoms with van der Waals surface area (Å²) in [5.74, 6) is -11.4. The average molecular weight is 1250 g/mol. The Labute approximate surface area is 521 Å². The Balaban J connectivity index is 3.69. The van der Waals surface area contributed by atoms with Crippen LogP contribution in [-0.2, 0) is 62.3 Å². The Hall–Kier alpha value is -6.74. The molecule has 11 amide bonds. The zero-order valence-electron chi connectivity index (χ0n) is 56.1. The first-order chi connectivity index (χ1) is 40.9. The molecule has 0 aromatic rings. The van der Waals surface area contributed by atoms with Crippen molar-refractivity contribution in [3.05, 3.63) is 12.2 Å². The van der Waals surface area contributed by atoms with Crippen LogP contribution < -0.4 is 37.2 Å². The second kappa shape index (κ2) is 37.3. The van der Waals surface area contributed by atoms with E-state index >= 15 is 0 Å². The van der Waals surface area contributed by atoms with E-state index in [0.29, 0.717) is 6.42 Å². The maximum atomic E-state index is 14.8. The van der Waals surface area contributed by atoms with Gasteiger partial charge in [-0.1, -0.05) is 95.2 Å². The number of nitrogens with zero attached hydrogens (tertiary/aromatic N) is 5. The molecule has 0 saturated carbocycles. The highest BCUT2D eigenvalue weighted by Crippen LogP contribution is 2.22. The lowest BCUT2D eigenvalue weighted by atomic mass is 9.94. The molecular weight excluding hydrogens is 1140 g/mol. The van der Waals surface area contributed by atoms with E-state index in [1.807, 2.05) is 46.8 Å². The molecule has 1 saturated heterocycles. The Kier molecular flexibility index (Phi) is 33.6. The first kappa shape index (κ1) is 79.3. The summed E-state index contributed by atoms with van der Waals surface area (Å²) in [4.78, 5) is 175. The number of rotatable bonds is 27. The normalized spacial score (nSPS) is 21.6. The second-order valence-corrected chi connectivity index (χ2v) is 25.2. The molecule has 27 heteroatoms. The van der Waals surface area contributed by atoms with Crippen LogP contribution in [0.1, 0.15) is 136 Å². The Morgan fingerprint density at radius 2 is 1.23 bits per heavy atom. The lowest BCUT2D eigenvalue weighted by Gasteiger charge is -2.39. The van der Waals surface area contributed by atoms with Gasteiger partial charge >= 0.3 is 5.97 Å². The molecule has 2 unspecified atom stereocenters. The molecule has 0 radical (unpaired) electrons. The first-order valence-corrected chi connectivity index (χ1v) is 30.7. The molecule has 1 rings (SSSR count). The number of cyclic esters (lactones) is 1. The number of ether oxygens (including phenoxy) is 1. The van der Waals surface area contributed by atoms with Crippen molar-refractivity contribution in [2.24, 2.45) is 35.5 Å². The van der Waals surface area contributed by atoms with Gasteiger partial charge in [0.15, 0.2) is 0 Å². The number of likely N-dealkylation sites (N-methyl/N-ethyl adjacent to an activating group) is 6. The monoisotopic (exact) mass is 1250 g/mol. The average Bonchev–Trinajstić information content (AvgIpc) is 1.79. The van der Waals surface area contributed by atoms with Gasteiger partial charge in [-0.2, -0.15) is 0 Å². The number of esters is 1. The summed E-state index contributed by atoms with van der Waals surface area (Å²) in [7, 11) is 8.18. The summed E-state index contributed by atoms with van der Waals surface area (Å²) in [6.07, 6.45) is 3.29. The Morgan fingerprint density at radius 3 is 1.70 bits per heavy atom. The molecule has 27 nitrogen and oxygen atoms in total. The van der Waals surface area contributed by atoms with Gasteiger partial charge in [-0.25, -0.2) is 0 Å². The van der Waals surface area contributed by atoms with Crippen molar-refractivity contribution in [3.63, 3.8) is 0 Å². The van der Waals surface area contributed by atoms with Crippen molar-refractivity contribution in [2.75, 3.05) is 62.0 Å². The van der Waals surface area contributed by atoms with Crippen LogP contribution in [0.25, 0.3) is 0 Å². The predicted molar refractivity (Wildman–Crippen MR) is 331 cm³/mol. The van der Waals surface area contributed by atoms with E-state index in [4.69, 9.17) is 4.74 Å². The van der Waals surface area contributed by atoms with Crippen LogP contribution >= 0.6 is 0 Å². The van der Waals surface area contributed by atoms with Crippen LogP contribution in [0.5, 0.6) is 0 Å². The van der Waals surface area contributed by atoms with E-state index in [-0.39, 0.29) is 49.4 Å². The fourth-order valence-corrected chi connectivity index (χ4v) is 10.3. The van der Waals surface area contributed by atoms with Crippen LogP contribution in [0.4, 0.5) is 0 Å². The van der Waals surface area contributed by atoms with E-state index in [9.17, 15) is 67.7 Å². The third-order valence-electron chi connectivity index (χ3n) is 15.8. The number of allylic oxidation sites excluding steroid dienone is 2.